The molecule has 70 valence electrons. The highest BCUT2D eigenvalue weighted by molar-refractivity contribution is 14.1. The van der Waals surface area contributed by atoms with Crippen LogP contribution in [0.1, 0.15) is 0 Å². The third-order valence-corrected chi connectivity index (χ3v) is 3.54. The zero-order valence-corrected chi connectivity index (χ0v) is 11.5. The molecule has 1 heterocycles. The molecule has 0 saturated carbocycles. The molecule has 0 saturated heterocycles. The summed E-state index contributed by atoms with van der Waals surface area (Å²) >= 11 is 4.56. The van der Waals surface area contributed by atoms with Gasteiger partial charge in [-0.1, -0.05) is 12.1 Å². The predicted molar refractivity (Wildman–Crippen MR) is 72.0 cm³/mol. The van der Waals surface area contributed by atoms with Gasteiger partial charge in [0.2, 0.25) is 22.9 Å². The van der Waals surface area contributed by atoms with Crippen molar-refractivity contribution >= 4 is 45.5 Å². The Morgan fingerprint density at radius 1 is 1.14 bits per heavy atom. The van der Waals surface area contributed by atoms with Crippen LogP contribution in [0.4, 0.5) is 0 Å². The van der Waals surface area contributed by atoms with Gasteiger partial charge in [0.25, 0.3) is 0 Å². The number of rotatable bonds is 1. The third kappa shape index (κ3) is 2.05. The lowest BCUT2D eigenvalue weighted by Gasteiger charge is -1.98. The molecule has 4 heteroatoms. The van der Waals surface area contributed by atoms with Crippen LogP contribution in [-0.4, -0.2) is 4.98 Å². The van der Waals surface area contributed by atoms with Crippen LogP contribution < -0.4 is 2.78 Å². The molecular formula is C10H7I2N2+. The number of aromatic nitrogens is 2. The van der Waals surface area contributed by atoms with Crippen LogP contribution in [0.2, 0.25) is 0 Å². The second-order valence-electron chi connectivity index (χ2n) is 2.73. The van der Waals surface area contributed by atoms with E-state index < -0.39 is 0 Å². The highest BCUT2D eigenvalue weighted by atomic mass is 127. The average Bonchev–Trinajstić information content (AvgIpc) is 2.20. The predicted octanol–water partition coefficient (Wildman–Crippen LogP) is 2.84. The smallest absolute Gasteiger partial charge is 0.169 e. The van der Waals surface area contributed by atoms with Crippen LogP contribution in [0.25, 0.3) is 11.4 Å². The molecule has 0 bridgehead atoms. The molecule has 2 nitrogen and oxygen atoms in total. The second kappa shape index (κ2) is 4.52. The minimum Gasteiger partial charge on any atom is -0.169 e. The largest absolute Gasteiger partial charge is 0.339 e. The van der Waals surface area contributed by atoms with Crippen LogP contribution >= 0.6 is 45.5 Å². The van der Waals surface area contributed by atoms with Crippen molar-refractivity contribution in [2.45, 2.75) is 0 Å². The van der Waals surface area contributed by atoms with E-state index in [0.717, 1.165) is 5.82 Å². The van der Waals surface area contributed by atoms with Gasteiger partial charge < -0.3 is 0 Å². The van der Waals surface area contributed by atoms with Crippen LogP contribution in [0.3, 0.4) is 0 Å². The van der Waals surface area contributed by atoms with E-state index in [2.05, 4.69) is 62.6 Å². The van der Waals surface area contributed by atoms with Gasteiger partial charge >= 0.3 is 5.82 Å². The third-order valence-electron chi connectivity index (χ3n) is 1.82. The molecule has 2 rings (SSSR count). The number of hydrogen-bond acceptors (Lipinski definition) is 1. The summed E-state index contributed by atoms with van der Waals surface area (Å²) in [5, 5.41) is 0. The maximum absolute atomic E-state index is 4.36. The molecule has 1 aromatic carbocycles. The Bertz CT molecular complexity index is 414. The maximum Gasteiger partial charge on any atom is 0.339 e. The summed E-state index contributed by atoms with van der Waals surface area (Å²) < 4.78 is 3.21. The normalized spacial score (nSPS) is 10.1. The van der Waals surface area contributed by atoms with E-state index in [-0.39, 0.29) is 0 Å². The fourth-order valence-corrected chi connectivity index (χ4v) is 2.38. The van der Waals surface area contributed by atoms with Gasteiger partial charge in [0.15, 0.2) is 0 Å². The van der Waals surface area contributed by atoms with Crippen LogP contribution in [0, 0.1) is 3.57 Å². The second-order valence-corrected chi connectivity index (χ2v) is 4.94. The van der Waals surface area contributed by atoms with Gasteiger partial charge in [-0.2, -0.15) is 2.78 Å². The molecule has 2 aromatic rings. The van der Waals surface area contributed by atoms with Gasteiger partial charge in [0.1, 0.15) is 12.4 Å². The van der Waals surface area contributed by atoms with E-state index in [1.54, 1.807) is 0 Å². The van der Waals surface area contributed by atoms with Gasteiger partial charge in [-0.05, 0) is 39.7 Å². The monoisotopic (exact) mass is 409 g/mol. The number of nitrogens with zero attached hydrogens (tertiary/aromatic N) is 2. The van der Waals surface area contributed by atoms with Crippen molar-refractivity contribution in [2.24, 2.45) is 0 Å². The Morgan fingerprint density at radius 3 is 2.64 bits per heavy atom. The average molecular weight is 409 g/mol. The molecule has 0 aliphatic carbocycles. The van der Waals surface area contributed by atoms with Crippen molar-refractivity contribution < 1.29 is 2.78 Å². The SMILES string of the molecule is Ic1ccccc1-c1nccc[n+]1I. The van der Waals surface area contributed by atoms with Crippen molar-refractivity contribution in [1.82, 2.24) is 4.98 Å². The summed E-state index contributed by atoms with van der Waals surface area (Å²) in [5.41, 5.74) is 1.17. The quantitative estimate of drug-likeness (QED) is 0.663. The minimum absolute atomic E-state index is 0.984. The van der Waals surface area contributed by atoms with E-state index in [1.807, 2.05) is 33.4 Å². The van der Waals surface area contributed by atoms with Crippen molar-refractivity contribution in [2.75, 3.05) is 0 Å². The Balaban J connectivity index is 2.61. The maximum atomic E-state index is 4.36. The standard InChI is InChI=1S/C10H7I2N2/c11-9-5-2-1-4-8(9)10-13-6-3-7-14(10)12/h1-7H/q+1. The van der Waals surface area contributed by atoms with E-state index in [1.165, 1.54) is 9.13 Å². The first-order valence-corrected chi connectivity index (χ1v) is 6.11. The van der Waals surface area contributed by atoms with Crippen molar-refractivity contribution in [3.63, 3.8) is 0 Å². The van der Waals surface area contributed by atoms with Crippen molar-refractivity contribution in [1.29, 1.82) is 0 Å². The first kappa shape index (κ1) is 10.3. The van der Waals surface area contributed by atoms with E-state index in [4.69, 9.17) is 0 Å². The molecule has 1 aromatic heterocycles. The van der Waals surface area contributed by atoms with E-state index in [9.17, 15) is 0 Å². The highest BCUT2D eigenvalue weighted by Gasteiger charge is 2.14. The highest BCUT2D eigenvalue weighted by Crippen LogP contribution is 2.20. The fraction of sp³-hybridized carbons (Fsp3) is 0. The Labute approximate surface area is 110 Å². The zero-order chi connectivity index (χ0) is 9.97. The van der Waals surface area contributed by atoms with Crippen molar-refractivity contribution in [3.8, 4) is 11.4 Å². The van der Waals surface area contributed by atoms with Crippen LogP contribution in [0.15, 0.2) is 42.7 Å². The zero-order valence-electron chi connectivity index (χ0n) is 7.19. The number of halogens is 2. The molecule has 0 unspecified atom stereocenters. The Hall–Kier alpha value is -0.240. The van der Waals surface area contributed by atoms with Crippen LogP contribution in [0.5, 0.6) is 0 Å². The summed E-state index contributed by atoms with van der Waals surface area (Å²) in [4.78, 5) is 4.36. The minimum atomic E-state index is 0.984. The molecule has 14 heavy (non-hydrogen) atoms. The number of hydrogen-bond donors (Lipinski definition) is 0. The first-order valence-electron chi connectivity index (χ1n) is 4.07. The summed E-state index contributed by atoms with van der Waals surface area (Å²) in [6.07, 6.45) is 3.81. The summed E-state index contributed by atoms with van der Waals surface area (Å²) in [5.74, 6) is 0.984. The fourth-order valence-electron chi connectivity index (χ4n) is 1.18. The number of benzene rings is 1. The van der Waals surface area contributed by atoms with Gasteiger partial charge in [-0.3, -0.25) is 0 Å². The van der Waals surface area contributed by atoms with E-state index in [0.29, 0.717) is 0 Å². The Kier molecular flexibility index (Phi) is 3.32. The van der Waals surface area contributed by atoms with Crippen LogP contribution in [-0.2, 0) is 0 Å². The molecule has 0 radical (unpaired) electrons. The lowest BCUT2D eigenvalue weighted by Crippen LogP contribution is -2.23. The van der Waals surface area contributed by atoms with Gasteiger partial charge in [-0.15, -0.1) is 0 Å². The van der Waals surface area contributed by atoms with Gasteiger partial charge in [0, 0.05) is 9.64 Å². The van der Waals surface area contributed by atoms with E-state index >= 15 is 0 Å². The summed E-state index contributed by atoms with van der Waals surface area (Å²) in [7, 11) is 0. The van der Waals surface area contributed by atoms with Gasteiger partial charge in [0.05, 0.1) is 5.56 Å². The molecule has 0 N–H and O–H groups in total. The Morgan fingerprint density at radius 2 is 1.93 bits per heavy atom. The van der Waals surface area contributed by atoms with Gasteiger partial charge in [-0.25, -0.2) is 0 Å². The summed E-state index contributed by atoms with van der Waals surface area (Å²) in [6, 6.07) is 10.2. The summed E-state index contributed by atoms with van der Waals surface area (Å²) in [6.45, 7) is 0. The lowest BCUT2D eigenvalue weighted by molar-refractivity contribution is -0.431. The molecular weight excluding hydrogens is 402 g/mol. The molecule has 0 amide bonds. The molecule has 0 aliphatic rings. The molecule has 0 atom stereocenters. The molecule has 0 aliphatic heterocycles. The lowest BCUT2D eigenvalue weighted by atomic mass is 10.2. The molecule has 0 spiro atoms. The van der Waals surface area contributed by atoms with Crippen molar-refractivity contribution in [3.05, 3.63) is 46.3 Å². The topological polar surface area (TPSA) is 16.8 Å². The first-order chi connectivity index (χ1) is 6.79. The molecule has 0 fully saturated rings.